The lowest BCUT2D eigenvalue weighted by Crippen LogP contribution is -2.33. The monoisotopic (exact) mass is 326 g/mol. The topological polar surface area (TPSA) is 58.6 Å². The van der Waals surface area contributed by atoms with Crippen LogP contribution in [-0.4, -0.2) is 31.6 Å². The molecule has 1 amide bonds. The normalized spacial score (nSPS) is 10.1. The van der Waals surface area contributed by atoms with Gasteiger partial charge in [-0.1, -0.05) is 30.3 Å². The predicted octanol–water partition coefficient (Wildman–Crippen LogP) is 3.33. The molecule has 0 spiro atoms. The van der Waals surface area contributed by atoms with Gasteiger partial charge in [0.25, 0.3) is 0 Å². The fourth-order valence-electron chi connectivity index (χ4n) is 2.37. The van der Waals surface area contributed by atoms with E-state index in [-0.39, 0.29) is 12.5 Å². The Morgan fingerprint density at radius 3 is 2.33 bits per heavy atom. The van der Waals surface area contributed by atoms with Crippen LogP contribution in [0, 0.1) is 0 Å². The van der Waals surface area contributed by atoms with Crippen LogP contribution in [0.5, 0.6) is 0 Å². The minimum absolute atomic E-state index is 0.183. The number of anilines is 2. The van der Waals surface area contributed by atoms with Gasteiger partial charge in [0.1, 0.15) is 0 Å². The summed E-state index contributed by atoms with van der Waals surface area (Å²) >= 11 is 0. The Hall–Kier alpha value is -2.82. The molecule has 126 valence electrons. The Kier molecular flexibility index (Phi) is 6.37. The van der Waals surface area contributed by atoms with E-state index < -0.39 is 5.97 Å². The molecule has 0 saturated heterocycles. The van der Waals surface area contributed by atoms with Crippen molar-refractivity contribution in [2.24, 2.45) is 0 Å². The van der Waals surface area contributed by atoms with E-state index in [1.165, 1.54) is 0 Å². The third-order valence-corrected chi connectivity index (χ3v) is 3.53. The van der Waals surface area contributed by atoms with Crippen LogP contribution in [0.15, 0.2) is 54.6 Å². The Morgan fingerprint density at radius 1 is 1.00 bits per heavy atom. The SMILES string of the molecule is CCOC(=O)c1ccccc1NC(=O)CN(CC)c1ccccc1. The van der Waals surface area contributed by atoms with Crippen LogP contribution in [0.3, 0.4) is 0 Å². The molecule has 0 atom stereocenters. The molecule has 5 nitrogen and oxygen atoms in total. The number of carbonyl (C=O) groups is 2. The Morgan fingerprint density at radius 2 is 1.67 bits per heavy atom. The highest BCUT2D eigenvalue weighted by molar-refractivity contribution is 6.02. The van der Waals surface area contributed by atoms with Crippen LogP contribution >= 0.6 is 0 Å². The molecular weight excluding hydrogens is 304 g/mol. The number of likely N-dealkylation sites (N-methyl/N-ethyl adjacent to an activating group) is 1. The van der Waals surface area contributed by atoms with Crippen LogP contribution in [0.25, 0.3) is 0 Å². The van der Waals surface area contributed by atoms with E-state index in [1.54, 1.807) is 31.2 Å². The number of esters is 1. The maximum absolute atomic E-state index is 12.4. The average Bonchev–Trinajstić information content (AvgIpc) is 2.61. The van der Waals surface area contributed by atoms with Crippen LogP contribution in [0.4, 0.5) is 11.4 Å². The molecule has 2 aromatic rings. The highest BCUT2D eigenvalue weighted by atomic mass is 16.5. The summed E-state index contributed by atoms with van der Waals surface area (Å²) in [6.07, 6.45) is 0. The molecule has 24 heavy (non-hydrogen) atoms. The predicted molar refractivity (Wildman–Crippen MR) is 95.4 cm³/mol. The third kappa shape index (κ3) is 4.59. The van der Waals surface area contributed by atoms with E-state index in [2.05, 4.69) is 5.32 Å². The fourth-order valence-corrected chi connectivity index (χ4v) is 2.37. The van der Waals surface area contributed by atoms with E-state index in [0.29, 0.717) is 24.4 Å². The van der Waals surface area contributed by atoms with Gasteiger partial charge in [-0.3, -0.25) is 4.79 Å². The van der Waals surface area contributed by atoms with Crippen molar-refractivity contribution in [3.8, 4) is 0 Å². The molecular formula is C19H22N2O3. The zero-order valence-electron chi connectivity index (χ0n) is 14.0. The summed E-state index contributed by atoms with van der Waals surface area (Å²) in [5, 5.41) is 2.80. The molecule has 0 aliphatic rings. The number of para-hydroxylation sites is 2. The molecule has 0 aromatic heterocycles. The maximum Gasteiger partial charge on any atom is 0.340 e. The van der Waals surface area contributed by atoms with Crippen molar-refractivity contribution in [2.45, 2.75) is 13.8 Å². The van der Waals surface area contributed by atoms with Crippen molar-refractivity contribution in [3.63, 3.8) is 0 Å². The second-order valence-corrected chi connectivity index (χ2v) is 5.16. The van der Waals surface area contributed by atoms with Crippen molar-refractivity contribution in [1.29, 1.82) is 0 Å². The highest BCUT2D eigenvalue weighted by Gasteiger charge is 2.15. The van der Waals surface area contributed by atoms with Gasteiger partial charge in [0, 0.05) is 12.2 Å². The number of hydrogen-bond acceptors (Lipinski definition) is 4. The van der Waals surface area contributed by atoms with Crippen LogP contribution in [0.2, 0.25) is 0 Å². The average molecular weight is 326 g/mol. The van der Waals surface area contributed by atoms with Crippen LogP contribution in [-0.2, 0) is 9.53 Å². The standard InChI is InChI=1S/C19H22N2O3/c1-3-21(15-10-6-5-7-11-15)14-18(22)20-17-13-9-8-12-16(17)19(23)24-4-2/h5-13H,3-4,14H2,1-2H3,(H,20,22). The number of nitrogens with one attached hydrogen (secondary N) is 1. The first-order valence-corrected chi connectivity index (χ1v) is 8.01. The van der Waals surface area contributed by atoms with Crippen molar-refractivity contribution < 1.29 is 14.3 Å². The molecule has 0 saturated carbocycles. The Labute approximate surface area is 142 Å². The lowest BCUT2D eigenvalue weighted by Gasteiger charge is -2.22. The van der Waals surface area contributed by atoms with E-state index >= 15 is 0 Å². The van der Waals surface area contributed by atoms with Gasteiger partial charge >= 0.3 is 5.97 Å². The van der Waals surface area contributed by atoms with Crippen LogP contribution in [0.1, 0.15) is 24.2 Å². The molecule has 0 bridgehead atoms. The minimum Gasteiger partial charge on any atom is -0.462 e. The van der Waals surface area contributed by atoms with Gasteiger partial charge in [-0.05, 0) is 38.1 Å². The van der Waals surface area contributed by atoms with Crippen molar-refractivity contribution >= 4 is 23.3 Å². The molecule has 1 N–H and O–H groups in total. The second kappa shape index (κ2) is 8.72. The molecule has 0 unspecified atom stereocenters. The lowest BCUT2D eigenvalue weighted by molar-refractivity contribution is -0.115. The molecule has 2 rings (SSSR count). The lowest BCUT2D eigenvalue weighted by atomic mass is 10.2. The summed E-state index contributed by atoms with van der Waals surface area (Å²) in [5.41, 5.74) is 1.80. The van der Waals surface area contributed by atoms with Crippen LogP contribution < -0.4 is 10.2 Å². The van der Waals surface area contributed by atoms with E-state index in [0.717, 1.165) is 5.69 Å². The zero-order valence-corrected chi connectivity index (χ0v) is 14.0. The molecule has 0 radical (unpaired) electrons. The summed E-state index contributed by atoms with van der Waals surface area (Å²) in [5.74, 6) is -0.624. The molecule has 5 heteroatoms. The first kappa shape index (κ1) is 17.5. The largest absolute Gasteiger partial charge is 0.462 e. The zero-order chi connectivity index (χ0) is 17.4. The number of amides is 1. The van der Waals surface area contributed by atoms with Gasteiger partial charge < -0.3 is 15.0 Å². The van der Waals surface area contributed by atoms with Gasteiger partial charge in [-0.15, -0.1) is 0 Å². The molecule has 2 aromatic carbocycles. The summed E-state index contributed by atoms with van der Waals surface area (Å²) in [6.45, 7) is 4.94. The van der Waals surface area contributed by atoms with Gasteiger partial charge in [0.2, 0.25) is 5.91 Å². The number of hydrogen-bond donors (Lipinski definition) is 1. The smallest absolute Gasteiger partial charge is 0.340 e. The summed E-state index contributed by atoms with van der Waals surface area (Å²) in [7, 11) is 0. The summed E-state index contributed by atoms with van der Waals surface area (Å²) in [4.78, 5) is 26.3. The number of ether oxygens (including phenoxy) is 1. The van der Waals surface area contributed by atoms with Gasteiger partial charge in [-0.2, -0.15) is 0 Å². The molecule has 0 aliphatic heterocycles. The molecule has 0 heterocycles. The van der Waals surface area contributed by atoms with E-state index in [1.807, 2.05) is 42.2 Å². The van der Waals surface area contributed by atoms with E-state index in [9.17, 15) is 9.59 Å². The number of carbonyl (C=O) groups excluding carboxylic acids is 2. The van der Waals surface area contributed by atoms with Gasteiger partial charge in [-0.25, -0.2) is 4.79 Å². The third-order valence-electron chi connectivity index (χ3n) is 3.53. The van der Waals surface area contributed by atoms with Gasteiger partial charge in [0.05, 0.1) is 24.4 Å². The van der Waals surface area contributed by atoms with Crippen molar-refractivity contribution in [2.75, 3.05) is 29.9 Å². The van der Waals surface area contributed by atoms with E-state index in [4.69, 9.17) is 4.74 Å². The second-order valence-electron chi connectivity index (χ2n) is 5.16. The summed E-state index contributed by atoms with van der Waals surface area (Å²) < 4.78 is 5.02. The number of rotatable bonds is 7. The quantitative estimate of drug-likeness (QED) is 0.793. The first-order valence-electron chi connectivity index (χ1n) is 8.01. The first-order chi connectivity index (χ1) is 11.7. The number of nitrogens with zero attached hydrogens (tertiary/aromatic N) is 1. The van der Waals surface area contributed by atoms with Gasteiger partial charge in [0.15, 0.2) is 0 Å². The number of benzene rings is 2. The highest BCUT2D eigenvalue weighted by Crippen LogP contribution is 2.17. The molecule has 0 aliphatic carbocycles. The summed E-state index contributed by atoms with van der Waals surface area (Å²) in [6, 6.07) is 16.6. The van der Waals surface area contributed by atoms with Crippen molar-refractivity contribution in [3.05, 3.63) is 60.2 Å². The minimum atomic E-state index is -0.441. The fraction of sp³-hybridized carbons (Fsp3) is 0.263. The maximum atomic E-state index is 12.4. The Balaban J connectivity index is 2.08. The van der Waals surface area contributed by atoms with Crippen molar-refractivity contribution in [1.82, 2.24) is 0 Å². The molecule has 0 fully saturated rings. The Bertz CT molecular complexity index is 686.